The Morgan fingerprint density at radius 3 is 2.44 bits per heavy atom. The first-order valence-electron chi connectivity index (χ1n) is 8.05. The van der Waals surface area contributed by atoms with Crippen molar-refractivity contribution < 1.29 is 24.2 Å². The van der Waals surface area contributed by atoms with Gasteiger partial charge in [0.15, 0.2) is 0 Å². The van der Waals surface area contributed by atoms with Crippen LogP contribution in [-0.4, -0.2) is 53.2 Å². The highest BCUT2D eigenvalue weighted by molar-refractivity contribution is 5.99. The van der Waals surface area contributed by atoms with Crippen LogP contribution in [0.5, 0.6) is 0 Å². The minimum absolute atomic E-state index is 0.174. The molecule has 1 heterocycles. The summed E-state index contributed by atoms with van der Waals surface area (Å²) in [4.78, 5) is 39.8. The van der Waals surface area contributed by atoms with E-state index in [9.17, 15) is 19.5 Å². The van der Waals surface area contributed by atoms with Gasteiger partial charge in [-0.1, -0.05) is 13.8 Å². The fourth-order valence-electron chi connectivity index (χ4n) is 3.09. The third-order valence-electron chi connectivity index (χ3n) is 4.94. The van der Waals surface area contributed by atoms with Crippen LogP contribution >= 0.6 is 0 Å². The van der Waals surface area contributed by atoms with Crippen LogP contribution in [0.3, 0.4) is 0 Å². The number of aliphatic carboxylic acids is 1. The van der Waals surface area contributed by atoms with E-state index in [1.807, 2.05) is 6.92 Å². The Hall–Kier alpha value is -2.48. The summed E-state index contributed by atoms with van der Waals surface area (Å²) in [6, 6.07) is 2.85. The van der Waals surface area contributed by atoms with E-state index in [0.717, 1.165) is 0 Å². The molecular formula is C17H23N3O5. The number of rotatable bonds is 6. The maximum Gasteiger partial charge on any atom is 0.330 e. The molecule has 0 radical (unpaired) electrons. The summed E-state index contributed by atoms with van der Waals surface area (Å²) in [5, 5.41) is 14.8. The summed E-state index contributed by atoms with van der Waals surface area (Å²) in [6.45, 7) is 5.84. The number of carboxylic acid groups (broad SMARTS) is 1. The van der Waals surface area contributed by atoms with E-state index in [2.05, 4.69) is 15.6 Å². The molecule has 2 atom stereocenters. The molecule has 3 N–H and O–H groups in total. The molecule has 0 bridgehead atoms. The lowest BCUT2D eigenvalue weighted by Gasteiger charge is -2.58. The van der Waals surface area contributed by atoms with Crippen molar-refractivity contribution in [2.24, 2.45) is 5.41 Å². The van der Waals surface area contributed by atoms with E-state index in [0.29, 0.717) is 6.61 Å². The van der Waals surface area contributed by atoms with Crippen LogP contribution in [0.2, 0.25) is 0 Å². The Morgan fingerprint density at radius 2 is 2.00 bits per heavy atom. The molecule has 8 nitrogen and oxygen atoms in total. The van der Waals surface area contributed by atoms with Crippen LogP contribution < -0.4 is 10.6 Å². The van der Waals surface area contributed by atoms with Crippen LogP contribution in [0.15, 0.2) is 18.3 Å². The number of aromatic nitrogens is 1. The van der Waals surface area contributed by atoms with Crippen molar-refractivity contribution >= 4 is 17.8 Å². The molecule has 8 heteroatoms. The summed E-state index contributed by atoms with van der Waals surface area (Å²) in [5.41, 5.74) is -1.82. The van der Waals surface area contributed by atoms with Gasteiger partial charge in [0, 0.05) is 31.7 Å². The molecule has 2 amide bonds. The average Bonchev–Trinajstić information content (AvgIpc) is 2.59. The molecular weight excluding hydrogens is 326 g/mol. The first-order valence-corrected chi connectivity index (χ1v) is 8.05. The van der Waals surface area contributed by atoms with Crippen molar-refractivity contribution in [3.63, 3.8) is 0 Å². The highest BCUT2D eigenvalue weighted by Crippen LogP contribution is 2.51. The van der Waals surface area contributed by atoms with E-state index in [4.69, 9.17) is 4.74 Å². The zero-order valence-corrected chi connectivity index (χ0v) is 14.8. The zero-order valence-electron chi connectivity index (χ0n) is 14.8. The van der Waals surface area contributed by atoms with Crippen molar-refractivity contribution in [3.8, 4) is 0 Å². The van der Waals surface area contributed by atoms with E-state index >= 15 is 0 Å². The van der Waals surface area contributed by atoms with Crippen LogP contribution in [0.1, 0.15) is 48.0 Å². The molecule has 136 valence electrons. The minimum Gasteiger partial charge on any atom is -0.479 e. The van der Waals surface area contributed by atoms with Crippen LogP contribution in [0, 0.1) is 5.41 Å². The number of nitrogens with one attached hydrogen (secondary N) is 2. The Morgan fingerprint density at radius 1 is 1.32 bits per heavy atom. The van der Waals surface area contributed by atoms with Gasteiger partial charge in [0.2, 0.25) is 0 Å². The number of nitrogens with zero attached hydrogens (tertiary/aromatic N) is 1. The molecule has 2 unspecified atom stereocenters. The normalized spacial score (nSPS) is 24.1. The number of hydrogen-bond donors (Lipinski definition) is 3. The smallest absolute Gasteiger partial charge is 0.330 e. The van der Waals surface area contributed by atoms with E-state index < -0.39 is 22.8 Å². The molecule has 1 aliphatic carbocycles. The second-order valence-electron chi connectivity index (χ2n) is 6.55. The maximum absolute atomic E-state index is 12.5. The van der Waals surface area contributed by atoms with Crippen LogP contribution in [0.4, 0.5) is 0 Å². The molecule has 0 aliphatic heterocycles. The third kappa shape index (κ3) is 3.09. The molecule has 1 saturated carbocycles. The number of carbonyl (C=O) groups is 3. The van der Waals surface area contributed by atoms with Gasteiger partial charge in [-0.05, 0) is 19.1 Å². The largest absolute Gasteiger partial charge is 0.479 e. The summed E-state index contributed by atoms with van der Waals surface area (Å²) in [7, 11) is 1.48. The fraction of sp³-hybridized carbons (Fsp3) is 0.529. The zero-order chi connectivity index (χ0) is 18.8. The number of amides is 2. The average molecular weight is 349 g/mol. The molecule has 0 aromatic carbocycles. The van der Waals surface area contributed by atoms with Crippen LogP contribution in [0.25, 0.3) is 0 Å². The third-order valence-corrected chi connectivity index (χ3v) is 4.94. The second-order valence-corrected chi connectivity index (χ2v) is 6.55. The number of hydrogen-bond acceptors (Lipinski definition) is 5. The van der Waals surface area contributed by atoms with Gasteiger partial charge >= 0.3 is 5.97 Å². The van der Waals surface area contributed by atoms with Crippen LogP contribution in [-0.2, 0) is 9.53 Å². The lowest BCUT2D eigenvalue weighted by Crippen LogP contribution is -2.76. The lowest BCUT2D eigenvalue weighted by atomic mass is 9.54. The summed E-state index contributed by atoms with van der Waals surface area (Å²) >= 11 is 0. The van der Waals surface area contributed by atoms with Gasteiger partial charge < -0.3 is 20.5 Å². The minimum atomic E-state index is -1.41. The molecule has 1 aromatic heterocycles. The Bertz CT molecular complexity index is 686. The summed E-state index contributed by atoms with van der Waals surface area (Å²) < 4.78 is 5.57. The van der Waals surface area contributed by atoms with E-state index in [1.54, 1.807) is 13.8 Å². The van der Waals surface area contributed by atoms with Crippen molar-refractivity contribution in [3.05, 3.63) is 29.6 Å². The maximum atomic E-state index is 12.5. The highest BCUT2D eigenvalue weighted by Gasteiger charge is 2.66. The predicted molar refractivity (Wildman–Crippen MR) is 89.3 cm³/mol. The Balaban J connectivity index is 2.20. The van der Waals surface area contributed by atoms with Crippen molar-refractivity contribution in [1.82, 2.24) is 15.6 Å². The summed E-state index contributed by atoms with van der Waals surface area (Å²) in [5.74, 6) is -2.02. The van der Waals surface area contributed by atoms with Gasteiger partial charge in [0.1, 0.15) is 11.2 Å². The monoisotopic (exact) mass is 349 g/mol. The number of ether oxygens (including phenoxy) is 1. The molecule has 1 fully saturated rings. The Kier molecular flexibility index (Phi) is 5.12. The van der Waals surface area contributed by atoms with Crippen molar-refractivity contribution in [2.45, 2.75) is 38.8 Å². The van der Waals surface area contributed by atoms with E-state index in [-0.39, 0.29) is 29.7 Å². The van der Waals surface area contributed by atoms with Gasteiger partial charge in [0.05, 0.1) is 11.7 Å². The van der Waals surface area contributed by atoms with Gasteiger partial charge in [-0.2, -0.15) is 0 Å². The Labute approximate surface area is 146 Å². The van der Waals surface area contributed by atoms with Crippen molar-refractivity contribution in [1.29, 1.82) is 0 Å². The fourth-order valence-corrected chi connectivity index (χ4v) is 3.09. The molecule has 25 heavy (non-hydrogen) atoms. The lowest BCUT2D eigenvalue weighted by molar-refractivity contribution is -0.190. The van der Waals surface area contributed by atoms with Crippen molar-refractivity contribution in [2.75, 3.05) is 13.7 Å². The molecule has 1 aromatic rings. The molecule has 2 rings (SSSR count). The molecule has 0 spiro atoms. The first-order chi connectivity index (χ1) is 11.7. The number of carboxylic acids is 1. The second kappa shape index (κ2) is 6.79. The quantitative estimate of drug-likeness (QED) is 0.700. The standard InChI is InChI=1S/C17H23N3O5/c1-5-25-12-8-17(15(23)24,16(12,2)3)20-13(21)10-6-7-11(19-9-10)14(22)18-4/h6-7,9,12H,5,8H2,1-4H3,(H,18,22)(H,20,21)(H,23,24). The first kappa shape index (κ1) is 18.9. The topological polar surface area (TPSA) is 118 Å². The highest BCUT2D eigenvalue weighted by atomic mass is 16.5. The van der Waals surface area contributed by atoms with Gasteiger partial charge in [-0.15, -0.1) is 0 Å². The van der Waals surface area contributed by atoms with Gasteiger partial charge in [-0.3, -0.25) is 14.6 Å². The summed E-state index contributed by atoms with van der Waals surface area (Å²) in [6.07, 6.45) is 1.20. The predicted octanol–water partition coefficient (Wildman–Crippen LogP) is 0.829. The molecule has 1 aliphatic rings. The van der Waals surface area contributed by atoms with Gasteiger partial charge in [-0.25, -0.2) is 4.79 Å². The van der Waals surface area contributed by atoms with Gasteiger partial charge in [0.25, 0.3) is 11.8 Å². The number of pyridine rings is 1. The van der Waals surface area contributed by atoms with E-state index in [1.165, 1.54) is 25.4 Å². The number of carbonyl (C=O) groups excluding carboxylic acids is 2. The SMILES string of the molecule is CCOC1CC(NC(=O)c2ccc(C(=O)NC)nc2)(C(=O)O)C1(C)C. The molecule has 0 saturated heterocycles.